The number of anilines is 2. The zero-order valence-electron chi connectivity index (χ0n) is 12.2. The second-order valence-electron chi connectivity index (χ2n) is 5.27. The monoisotopic (exact) mass is 380 g/mol. The van der Waals surface area contributed by atoms with Crippen LogP contribution in [0.3, 0.4) is 0 Å². The van der Waals surface area contributed by atoms with Gasteiger partial charge in [0.1, 0.15) is 4.90 Å². The second kappa shape index (κ2) is 5.93. The maximum atomic E-state index is 13.1. The van der Waals surface area contributed by atoms with Crippen molar-refractivity contribution in [2.45, 2.75) is 11.3 Å². The summed E-state index contributed by atoms with van der Waals surface area (Å²) in [5.41, 5.74) is 1.67. The minimum absolute atomic E-state index is 0.300. The molecule has 0 atom stereocenters. The lowest BCUT2D eigenvalue weighted by Crippen LogP contribution is -2.31. The van der Waals surface area contributed by atoms with Gasteiger partial charge in [-0.15, -0.1) is 0 Å². The highest BCUT2D eigenvalue weighted by Gasteiger charge is 2.30. The van der Waals surface area contributed by atoms with Crippen LogP contribution in [0.2, 0.25) is 0 Å². The van der Waals surface area contributed by atoms with Crippen molar-refractivity contribution in [2.75, 3.05) is 29.3 Å². The molecule has 0 amide bonds. The van der Waals surface area contributed by atoms with Crippen LogP contribution >= 0.6 is 15.9 Å². The molecule has 6 heteroatoms. The van der Waals surface area contributed by atoms with E-state index in [1.54, 1.807) is 18.2 Å². The number of nitrogens with zero attached hydrogens (tertiary/aromatic N) is 2. The Morgan fingerprint density at radius 3 is 2.32 bits per heavy atom. The Kier molecular flexibility index (Phi) is 4.14. The van der Waals surface area contributed by atoms with Gasteiger partial charge < -0.3 is 4.90 Å². The molecule has 1 aliphatic heterocycles. The molecule has 0 aliphatic carbocycles. The molecule has 1 heterocycles. The zero-order valence-corrected chi connectivity index (χ0v) is 14.6. The van der Waals surface area contributed by atoms with Crippen molar-refractivity contribution in [3.8, 4) is 0 Å². The molecule has 0 saturated heterocycles. The topological polar surface area (TPSA) is 40.6 Å². The first-order chi connectivity index (χ1) is 10.5. The Hall–Kier alpha value is -1.53. The third-order valence-corrected chi connectivity index (χ3v) is 6.65. The predicted molar refractivity (Wildman–Crippen MR) is 93.0 cm³/mol. The van der Waals surface area contributed by atoms with E-state index in [0.29, 0.717) is 15.9 Å². The van der Waals surface area contributed by atoms with Crippen LogP contribution in [0.1, 0.15) is 6.42 Å². The number of hydrogen-bond acceptors (Lipinski definition) is 3. The summed E-state index contributed by atoms with van der Waals surface area (Å²) in [5, 5.41) is 0. The Bertz CT molecular complexity index is 792. The molecule has 3 rings (SSSR count). The molecule has 2 aromatic carbocycles. The average molecular weight is 381 g/mol. The molecule has 2 aromatic rings. The van der Waals surface area contributed by atoms with Crippen molar-refractivity contribution in [1.82, 2.24) is 0 Å². The lowest BCUT2D eigenvalue weighted by molar-refractivity contribution is 0.589. The summed E-state index contributed by atoms with van der Waals surface area (Å²) in [7, 11) is -1.60. The molecule has 0 bridgehead atoms. The minimum Gasteiger partial charge on any atom is -0.373 e. The van der Waals surface area contributed by atoms with Crippen molar-refractivity contribution in [3.63, 3.8) is 0 Å². The van der Waals surface area contributed by atoms with Gasteiger partial charge in [0.05, 0.1) is 11.4 Å². The molecule has 116 valence electrons. The summed E-state index contributed by atoms with van der Waals surface area (Å²) in [6.45, 7) is 1.31. The van der Waals surface area contributed by atoms with E-state index in [4.69, 9.17) is 0 Å². The van der Waals surface area contributed by atoms with Crippen LogP contribution in [0.15, 0.2) is 57.9 Å². The fraction of sp³-hybridized carbons (Fsp3) is 0.250. The number of fused-ring (bicyclic) bond motifs is 1. The first-order valence-corrected chi connectivity index (χ1v) is 9.32. The highest BCUT2D eigenvalue weighted by atomic mass is 79.9. The van der Waals surface area contributed by atoms with Crippen molar-refractivity contribution in [2.24, 2.45) is 0 Å². The molecule has 0 fully saturated rings. The summed E-state index contributed by atoms with van der Waals surface area (Å²) >= 11 is 3.35. The van der Waals surface area contributed by atoms with Crippen LogP contribution in [0.25, 0.3) is 0 Å². The van der Waals surface area contributed by atoms with Crippen LogP contribution in [0, 0.1) is 0 Å². The maximum Gasteiger partial charge on any atom is 0.265 e. The molecule has 0 N–H and O–H groups in total. The standard InChI is InChI=1S/C16H17BrN2O2S/c1-18-11-6-12-19(15-9-4-3-8-14(15)18)22(20,21)16-10-5-2-7-13(16)17/h2-5,7-10H,6,11-12H2,1H3. The van der Waals surface area contributed by atoms with Crippen molar-refractivity contribution < 1.29 is 8.42 Å². The number of benzene rings is 2. The largest absolute Gasteiger partial charge is 0.373 e. The van der Waals surface area contributed by atoms with Gasteiger partial charge in [-0.2, -0.15) is 0 Å². The molecular weight excluding hydrogens is 364 g/mol. The van der Waals surface area contributed by atoms with E-state index >= 15 is 0 Å². The van der Waals surface area contributed by atoms with Crippen LogP contribution in [-0.2, 0) is 10.0 Å². The van der Waals surface area contributed by atoms with Crippen molar-refractivity contribution in [3.05, 3.63) is 53.0 Å². The molecule has 0 unspecified atom stereocenters. The highest BCUT2D eigenvalue weighted by molar-refractivity contribution is 9.10. The smallest absolute Gasteiger partial charge is 0.265 e. The fourth-order valence-electron chi connectivity index (χ4n) is 2.71. The number of halogens is 1. The van der Waals surface area contributed by atoms with Crippen LogP contribution in [0.5, 0.6) is 0 Å². The van der Waals surface area contributed by atoms with Gasteiger partial charge in [0.2, 0.25) is 0 Å². The maximum absolute atomic E-state index is 13.1. The molecule has 0 radical (unpaired) electrons. The Morgan fingerprint density at radius 1 is 0.955 bits per heavy atom. The van der Waals surface area contributed by atoms with Gasteiger partial charge in [0, 0.05) is 24.6 Å². The third-order valence-electron chi connectivity index (χ3n) is 3.82. The molecule has 1 aliphatic rings. The van der Waals surface area contributed by atoms with E-state index in [9.17, 15) is 8.42 Å². The summed E-state index contributed by atoms with van der Waals surface area (Å²) < 4.78 is 28.3. The van der Waals surface area contributed by atoms with E-state index in [0.717, 1.165) is 24.3 Å². The van der Waals surface area contributed by atoms with Gasteiger partial charge >= 0.3 is 0 Å². The molecule has 0 spiro atoms. The highest BCUT2D eigenvalue weighted by Crippen LogP contribution is 2.36. The normalized spacial score (nSPS) is 15.4. The third kappa shape index (κ3) is 2.61. The lowest BCUT2D eigenvalue weighted by atomic mass is 10.2. The first kappa shape index (κ1) is 15.4. The van der Waals surface area contributed by atoms with E-state index in [2.05, 4.69) is 20.8 Å². The minimum atomic E-state index is -3.59. The molecule has 4 nitrogen and oxygen atoms in total. The van der Waals surface area contributed by atoms with Crippen molar-refractivity contribution >= 4 is 37.3 Å². The number of rotatable bonds is 2. The predicted octanol–water partition coefficient (Wildman–Crippen LogP) is 3.48. The Morgan fingerprint density at radius 2 is 1.59 bits per heavy atom. The Labute approximate surface area is 139 Å². The van der Waals surface area contributed by atoms with Gasteiger partial charge in [0.25, 0.3) is 10.0 Å². The van der Waals surface area contributed by atoms with Gasteiger partial charge in [-0.05, 0) is 46.6 Å². The summed E-state index contributed by atoms with van der Waals surface area (Å²) in [6, 6.07) is 14.6. The average Bonchev–Trinajstić information content (AvgIpc) is 2.68. The van der Waals surface area contributed by atoms with Gasteiger partial charge in [-0.25, -0.2) is 8.42 Å². The summed E-state index contributed by atoms with van der Waals surface area (Å²) in [5.74, 6) is 0. The van der Waals surface area contributed by atoms with Crippen LogP contribution < -0.4 is 9.21 Å². The van der Waals surface area contributed by atoms with E-state index in [1.807, 2.05) is 37.4 Å². The number of hydrogen-bond donors (Lipinski definition) is 0. The Balaban J connectivity index is 2.15. The fourth-order valence-corrected chi connectivity index (χ4v) is 5.20. The quantitative estimate of drug-likeness (QED) is 0.800. The van der Waals surface area contributed by atoms with Crippen molar-refractivity contribution in [1.29, 1.82) is 0 Å². The summed E-state index contributed by atoms with van der Waals surface area (Å²) in [6.07, 6.45) is 0.787. The van der Waals surface area contributed by atoms with Gasteiger partial charge in [0.15, 0.2) is 0 Å². The van der Waals surface area contributed by atoms with E-state index in [1.165, 1.54) is 4.31 Å². The molecule has 0 aromatic heterocycles. The number of para-hydroxylation sites is 2. The molecule has 22 heavy (non-hydrogen) atoms. The molecular formula is C16H17BrN2O2S. The van der Waals surface area contributed by atoms with E-state index < -0.39 is 10.0 Å². The second-order valence-corrected chi connectivity index (χ2v) is 7.96. The SMILES string of the molecule is CN1CCCN(S(=O)(=O)c2ccccc2Br)c2ccccc21. The van der Waals surface area contributed by atoms with Gasteiger partial charge in [-0.1, -0.05) is 24.3 Å². The number of sulfonamides is 1. The summed E-state index contributed by atoms with van der Waals surface area (Å²) in [4.78, 5) is 2.40. The van der Waals surface area contributed by atoms with Gasteiger partial charge in [-0.3, -0.25) is 4.31 Å². The lowest BCUT2D eigenvalue weighted by Gasteiger charge is -2.25. The molecule has 0 saturated carbocycles. The zero-order chi connectivity index (χ0) is 15.7. The van der Waals surface area contributed by atoms with E-state index in [-0.39, 0.29) is 0 Å². The first-order valence-electron chi connectivity index (χ1n) is 7.09. The van der Waals surface area contributed by atoms with Crippen LogP contribution in [0.4, 0.5) is 11.4 Å². The van der Waals surface area contributed by atoms with Crippen LogP contribution in [-0.4, -0.2) is 28.6 Å².